The number of hydrogen-bond acceptors (Lipinski definition) is 3. The Hall–Kier alpha value is -2.53. The lowest BCUT2D eigenvalue weighted by Crippen LogP contribution is -2.41. The van der Waals surface area contributed by atoms with Crippen molar-refractivity contribution in [2.24, 2.45) is 0 Å². The number of epoxide rings is 1. The molecule has 0 aromatic heterocycles. The highest BCUT2D eigenvalue weighted by Gasteiger charge is 2.36. The molecule has 0 bridgehead atoms. The predicted octanol–water partition coefficient (Wildman–Crippen LogP) is 3.54. The maximum absolute atomic E-state index is 11.5. The molecule has 2 aromatic carbocycles. The number of carbonyl (C=O) groups is 1. The largest absolute Gasteiger partial charge is 0.489 e. The Morgan fingerprint density at radius 3 is 2.48 bits per heavy atom. The summed E-state index contributed by atoms with van der Waals surface area (Å²) in [5.41, 5.74) is 1.70. The van der Waals surface area contributed by atoms with Crippen molar-refractivity contribution in [1.82, 2.24) is 0 Å². The Labute approximate surface area is 135 Å². The molecule has 5 heteroatoms. The van der Waals surface area contributed by atoms with E-state index in [4.69, 9.17) is 9.47 Å². The first kappa shape index (κ1) is 15.4. The van der Waals surface area contributed by atoms with Gasteiger partial charge in [0.25, 0.3) is 0 Å². The monoisotopic (exact) mass is 313 g/mol. The van der Waals surface area contributed by atoms with E-state index in [0.717, 1.165) is 5.56 Å². The quantitative estimate of drug-likeness (QED) is 0.829. The number of benzene rings is 2. The molecule has 1 N–H and O–H groups in total. The molecule has 5 nitrogen and oxygen atoms in total. The summed E-state index contributed by atoms with van der Waals surface area (Å²) in [5.74, 6) is 0.707. The first-order valence-electron chi connectivity index (χ1n) is 7.55. The third-order valence-electron chi connectivity index (χ3n) is 3.87. The molecule has 3 rings (SSSR count). The van der Waals surface area contributed by atoms with Crippen LogP contribution in [0.3, 0.4) is 0 Å². The number of hydrogen-bond donors (Lipinski definition) is 1. The van der Waals surface area contributed by atoms with Crippen LogP contribution in [0.15, 0.2) is 54.6 Å². The highest BCUT2D eigenvalue weighted by molar-refractivity contribution is 5.87. The fourth-order valence-electron chi connectivity index (χ4n) is 2.46. The topological polar surface area (TPSA) is 62.3 Å². The molecule has 1 amide bonds. The Kier molecular flexibility index (Phi) is 4.48. The van der Waals surface area contributed by atoms with Crippen LogP contribution < -0.4 is 9.64 Å². The number of rotatable bonds is 6. The van der Waals surface area contributed by atoms with Gasteiger partial charge >= 0.3 is 6.09 Å². The summed E-state index contributed by atoms with van der Waals surface area (Å²) in [5, 5.41) is 9.43. The highest BCUT2D eigenvalue weighted by atomic mass is 16.6. The van der Waals surface area contributed by atoms with Gasteiger partial charge in [-0.25, -0.2) is 4.79 Å². The normalized spacial score (nSPS) is 17.3. The summed E-state index contributed by atoms with van der Waals surface area (Å²) in [6.07, 6.45) is -0.994. The van der Waals surface area contributed by atoms with Gasteiger partial charge < -0.3 is 14.6 Å². The molecule has 1 aliphatic rings. The Bertz CT molecular complexity index is 652. The first-order valence-corrected chi connectivity index (χ1v) is 7.55. The average molecular weight is 313 g/mol. The second-order valence-corrected chi connectivity index (χ2v) is 5.53. The molecule has 1 heterocycles. The standard InChI is InChI=1S/C18H19NO4/c1-13(17-12-23-17)19(18(20)21)15-7-9-16(10-8-15)22-11-14-5-3-2-4-6-14/h2-10,13,17H,11-12H2,1H3,(H,20,21)/t13?,17-/m1/s1. The van der Waals surface area contributed by atoms with Crippen molar-refractivity contribution in [3.05, 3.63) is 60.2 Å². The molecule has 2 aromatic rings. The fraction of sp³-hybridized carbons (Fsp3) is 0.278. The molecule has 2 atom stereocenters. The first-order chi connectivity index (χ1) is 11.1. The van der Waals surface area contributed by atoms with Crippen LogP contribution in [0, 0.1) is 0 Å². The van der Waals surface area contributed by atoms with E-state index in [9.17, 15) is 9.90 Å². The van der Waals surface area contributed by atoms with E-state index in [0.29, 0.717) is 24.7 Å². The van der Waals surface area contributed by atoms with E-state index in [-0.39, 0.29) is 12.1 Å². The second-order valence-electron chi connectivity index (χ2n) is 5.53. The van der Waals surface area contributed by atoms with E-state index in [1.54, 1.807) is 24.3 Å². The Morgan fingerprint density at radius 1 is 1.26 bits per heavy atom. The predicted molar refractivity (Wildman–Crippen MR) is 86.9 cm³/mol. The summed E-state index contributed by atoms with van der Waals surface area (Å²) < 4.78 is 10.9. The lowest BCUT2D eigenvalue weighted by Gasteiger charge is -2.25. The lowest BCUT2D eigenvalue weighted by molar-refractivity contribution is 0.197. The van der Waals surface area contributed by atoms with Crippen LogP contribution in [0.4, 0.5) is 10.5 Å². The van der Waals surface area contributed by atoms with E-state index in [1.807, 2.05) is 37.3 Å². The Balaban J connectivity index is 1.66. The number of anilines is 1. The van der Waals surface area contributed by atoms with Gasteiger partial charge in [0.15, 0.2) is 0 Å². The van der Waals surface area contributed by atoms with Crippen LogP contribution in [0.2, 0.25) is 0 Å². The highest BCUT2D eigenvalue weighted by Crippen LogP contribution is 2.27. The van der Waals surface area contributed by atoms with Crippen molar-refractivity contribution in [2.45, 2.75) is 25.7 Å². The molecule has 23 heavy (non-hydrogen) atoms. The number of amides is 1. The van der Waals surface area contributed by atoms with Crippen LogP contribution in [-0.2, 0) is 11.3 Å². The van der Waals surface area contributed by atoms with Crippen molar-refractivity contribution in [2.75, 3.05) is 11.5 Å². The summed E-state index contributed by atoms with van der Waals surface area (Å²) in [6.45, 7) is 2.95. The third kappa shape index (κ3) is 3.81. The zero-order valence-corrected chi connectivity index (χ0v) is 12.9. The van der Waals surface area contributed by atoms with Crippen molar-refractivity contribution in [3.8, 4) is 5.75 Å². The van der Waals surface area contributed by atoms with Gasteiger partial charge in [-0.15, -0.1) is 0 Å². The maximum atomic E-state index is 11.5. The molecule has 0 saturated carbocycles. The van der Waals surface area contributed by atoms with E-state index < -0.39 is 6.09 Å². The SMILES string of the molecule is CC([C@H]1CO1)N(C(=O)O)c1ccc(OCc2ccccc2)cc1. The summed E-state index contributed by atoms with van der Waals surface area (Å²) >= 11 is 0. The minimum Gasteiger partial charge on any atom is -0.489 e. The van der Waals surface area contributed by atoms with Crippen molar-refractivity contribution in [1.29, 1.82) is 0 Å². The average Bonchev–Trinajstić information content (AvgIpc) is 3.40. The minimum absolute atomic E-state index is 0.0138. The van der Waals surface area contributed by atoms with Crippen LogP contribution in [0.1, 0.15) is 12.5 Å². The van der Waals surface area contributed by atoms with Gasteiger partial charge in [0, 0.05) is 5.69 Å². The molecular formula is C18H19NO4. The van der Waals surface area contributed by atoms with Crippen molar-refractivity contribution in [3.63, 3.8) is 0 Å². The minimum atomic E-state index is -0.981. The van der Waals surface area contributed by atoms with Crippen LogP contribution in [0.25, 0.3) is 0 Å². The van der Waals surface area contributed by atoms with Gasteiger partial charge in [-0.1, -0.05) is 30.3 Å². The Morgan fingerprint density at radius 2 is 1.91 bits per heavy atom. The molecule has 1 aliphatic heterocycles. The van der Waals surface area contributed by atoms with Crippen molar-refractivity contribution >= 4 is 11.8 Å². The van der Waals surface area contributed by atoms with Gasteiger partial charge in [0.05, 0.1) is 12.6 Å². The van der Waals surface area contributed by atoms with Gasteiger partial charge in [0.1, 0.15) is 18.5 Å². The summed E-state index contributed by atoms with van der Waals surface area (Å²) in [6, 6.07) is 16.8. The second kappa shape index (κ2) is 6.71. The summed E-state index contributed by atoms with van der Waals surface area (Å²) in [7, 11) is 0. The number of ether oxygens (including phenoxy) is 2. The molecule has 0 spiro atoms. The van der Waals surface area contributed by atoms with Crippen LogP contribution in [0.5, 0.6) is 5.75 Å². The van der Waals surface area contributed by atoms with E-state index in [2.05, 4.69) is 0 Å². The molecule has 0 radical (unpaired) electrons. The molecule has 0 aliphatic carbocycles. The van der Waals surface area contributed by atoms with Gasteiger partial charge in [-0.05, 0) is 36.8 Å². The zero-order chi connectivity index (χ0) is 16.2. The fourth-order valence-corrected chi connectivity index (χ4v) is 2.46. The van der Waals surface area contributed by atoms with Crippen LogP contribution >= 0.6 is 0 Å². The lowest BCUT2D eigenvalue weighted by atomic mass is 10.2. The molecule has 120 valence electrons. The van der Waals surface area contributed by atoms with E-state index in [1.165, 1.54) is 4.90 Å². The van der Waals surface area contributed by atoms with Crippen molar-refractivity contribution < 1.29 is 19.4 Å². The van der Waals surface area contributed by atoms with Gasteiger partial charge in [-0.2, -0.15) is 0 Å². The number of nitrogens with zero attached hydrogens (tertiary/aromatic N) is 1. The smallest absolute Gasteiger partial charge is 0.412 e. The van der Waals surface area contributed by atoms with Gasteiger partial charge in [0.2, 0.25) is 0 Å². The third-order valence-corrected chi connectivity index (χ3v) is 3.87. The number of carboxylic acid groups (broad SMARTS) is 1. The molecular weight excluding hydrogens is 294 g/mol. The summed E-state index contributed by atoms with van der Waals surface area (Å²) in [4.78, 5) is 12.8. The van der Waals surface area contributed by atoms with Crippen LogP contribution in [-0.4, -0.2) is 30.0 Å². The van der Waals surface area contributed by atoms with E-state index >= 15 is 0 Å². The maximum Gasteiger partial charge on any atom is 0.412 e. The molecule has 1 fully saturated rings. The van der Waals surface area contributed by atoms with Gasteiger partial charge in [-0.3, -0.25) is 4.90 Å². The molecule has 1 unspecified atom stereocenters. The zero-order valence-electron chi connectivity index (χ0n) is 12.9. The molecule has 1 saturated heterocycles.